The Bertz CT molecular complexity index is 315. The van der Waals surface area contributed by atoms with E-state index in [4.69, 9.17) is 4.74 Å². The average Bonchev–Trinajstić information content (AvgIpc) is 2.35. The summed E-state index contributed by atoms with van der Waals surface area (Å²) >= 11 is 0. The molecule has 0 aromatic heterocycles. The lowest BCUT2D eigenvalue weighted by Crippen LogP contribution is -1.99. The molecular weight excluding hydrogens is 208 g/mol. The van der Waals surface area contributed by atoms with E-state index in [9.17, 15) is 0 Å². The van der Waals surface area contributed by atoms with E-state index in [0.717, 1.165) is 5.75 Å². The van der Waals surface area contributed by atoms with Gasteiger partial charge in [0.1, 0.15) is 5.75 Å². The Morgan fingerprint density at radius 2 is 1.24 bits per heavy atom. The molecule has 17 heavy (non-hydrogen) atoms. The van der Waals surface area contributed by atoms with Gasteiger partial charge >= 0.3 is 0 Å². The second-order valence-corrected chi connectivity index (χ2v) is 5.08. The molecule has 0 aliphatic heterocycles. The van der Waals surface area contributed by atoms with Crippen LogP contribution in [-0.2, 0) is 12.8 Å². The molecule has 0 saturated carbocycles. The third-order valence-electron chi connectivity index (χ3n) is 3.77. The largest absolute Gasteiger partial charge is 0.496 e. The highest BCUT2D eigenvalue weighted by atomic mass is 16.5. The number of hydrogen-bond donors (Lipinski definition) is 0. The zero-order valence-electron chi connectivity index (χ0n) is 11.0. The maximum absolute atomic E-state index is 5.62. The van der Waals surface area contributed by atoms with Crippen LogP contribution < -0.4 is 4.74 Å². The molecule has 0 amide bonds. The topological polar surface area (TPSA) is 9.23 Å². The fourth-order valence-electron chi connectivity index (χ4n) is 2.81. The molecule has 0 fully saturated rings. The molecule has 94 valence electrons. The molecule has 0 saturated heterocycles. The first-order valence-corrected chi connectivity index (χ1v) is 7.06. The van der Waals surface area contributed by atoms with Crippen LogP contribution in [0.1, 0.15) is 56.1 Å². The number of fused-ring (bicyclic) bond motifs is 2. The zero-order chi connectivity index (χ0) is 11.9. The van der Waals surface area contributed by atoms with Crippen LogP contribution in [-0.4, -0.2) is 7.11 Å². The molecule has 0 spiro atoms. The van der Waals surface area contributed by atoms with E-state index in [2.05, 4.69) is 18.2 Å². The summed E-state index contributed by atoms with van der Waals surface area (Å²) in [5, 5.41) is 0. The van der Waals surface area contributed by atoms with E-state index in [0.29, 0.717) is 0 Å². The lowest BCUT2D eigenvalue weighted by Gasteiger charge is -2.14. The van der Waals surface area contributed by atoms with Crippen molar-refractivity contribution in [3.63, 3.8) is 0 Å². The molecule has 0 heterocycles. The van der Waals surface area contributed by atoms with Gasteiger partial charge in [-0.15, -0.1) is 0 Å². The fourth-order valence-corrected chi connectivity index (χ4v) is 2.81. The van der Waals surface area contributed by atoms with Gasteiger partial charge in [0, 0.05) is 0 Å². The predicted molar refractivity (Wildman–Crippen MR) is 72.7 cm³/mol. The molecule has 0 N–H and O–H groups in total. The lowest BCUT2D eigenvalue weighted by molar-refractivity contribution is 0.401. The van der Waals surface area contributed by atoms with Crippen molar-refractivity contribution in [3.05, 3.63) is 29.3 Å². The number of benzene rings is 1. The Labute approximate surface area is 105 Å². The van der Waals surface area contributed by atoms with Crippen LogP contribution >= 0.6 is 0 Å². The summed E-state index contributed by atoms with van der Waals surface area (Å²) in [6.45, 7) is 0. The van der Waals surface area contributed by atoms with Crippen molar-refractivity contribution >= 4 is 0 Å². The van der Waals surface area contributed by atoms with Gasteiger partial charge in [-0.05, 0) is 36.8 Å². The van der Waals surface area contributed by atoms with Gasteiger partial charge in [0.25, 0.3) is 0 Å². The first kappa shape index (κ1) is 12.5. The summed E-state index contributed by atoms with van der Waals surface area (Å²) in [5.41, 5.74) is 2.82. The zero-order valence-corrected chi connectivity index (χ0v) is 11.0. The Hall–Kier alpha value is -0.980. The van der Waals surface area contributed by atoms with Gasteiger partial charge in [0.2, 0.25) is 0 Å². The summed E-state index contributed by atoms with van der Waals surface area (Å²) in [4.78, 5) is 0. The molecule has 1 aromatic carbocycles. The van der Waals surface area contributed by atoms with Crippen LogP contribution in [0.15, 0.2) is 18.2 Å². The summed E-state index contributed by atoms with van der Waals surface area (Å²) in [6, 6.07) is 6.65. The smallest absolute Gasteiger partial charge is 0.125 e. The highest BCUT2D eigenvalue weighted by Gasteiger charge is 2.09. The van der Waals surface area contributed by atoms with Gasteiger partial charge in [-0.25, -0.2) is 0 Å². The van der Waals surface area contributed by atoms with Gasteiger partial charge in [0.15, 0.2) is 0 Å². The second-order valence-electron chi connectivity index (χ2n) is 5.08. The first-order valence-electron chi connectivity index (χ1n) is 7.06. The van der Waals surface area contributed by atoms with Crippen molar-refractivity contribution in [2.75, 3.05) is 7.11 Å². The quantitative estimate of drug-likeness (QED) is 0.691. The third-order valence-corrected chi connectivity index (χ3v) is 3.77. The van der Waals surface area contributed by atoms with Crippen LogP contribution in [0.5, 0.6) is 5.75 Å². The highest BCUT2D eigenvalue weighted by Crippen LogP contribution is 2.28. The number of ether oxygens (including phenoxy) is 1. The van der Waals surface area contributed by atoms with E-state index in [1.54, 1.807) is 0 Å². The van der Waals surface area contributed by atoms with Crippen LogP contribution in [0.4, 0.5) is 0 Å². The maximum atomic E-state index is 5.62. The monoisotopic (exact) mass is 232 g/mol. The number of para-hydroxylation sites is 1. The van der Waals surface area contributed by atoms with E-state index in [1.807, 2.05) is 7.11 Å². The van der Waals surface area contributed by atoms with Crippen molar-refractivity contribution in [2.45, 2.75) is 57.8 Å². The minimum Gasteiger partial charge on any atom is -0.496 e. The van der Waals surface area contributed by atoms with Crippen molar-refractivity contribution < 1.29 is 4.74 Å². The van der Waals surface area contributed by atoms with Crippen molar-refractivity contribution in [1.82, 2.24) is 0 Å². The first-order chi connectivity index (χ1) is 8.42. The standard InChI is InChI=1S/C16H24O/c1-17-16-14-10-7-5-3-2-4-6-8-11-15(16)13-9-12-14/h9,12-13H,2-8,10-11H2,1H3. The number of rotatable bonds is 1. The van der Waals surface area contributed by atoms with Crippen LogP contribution in [0, 0.1) is 0 Å². The summed E-state index contributed by atoms with van der Waals surface area (Å²) in [5.74, 6) is 1.16. The van der Waals surface area contributed by atoms with E-state index < -0.39 is 0 Å². The predicted octanol–water partition coefficient (Wildman–Crippen LogP) is 4.52. The van der Waals surface area contributed by atoms with Crippen molar-refractivity contribution in [3.8, 4) is 5.75 Å². The molecule has 2 bridgehead atoms. The molecule has 2 rings (SSSR count). The van der Waals surface area contributed by atoms with Gasteiger partial charge < -0.3 is 4.74 Å². The minimum absolute atomic E-state index is 1.16. The van der Waals surface area contributed by atoms with Gasteiger partial charge in [-0.2, -0.15) is 0 Å². The molecule has 1 aromatic rings. The molecule has 0 unspecified atom stereocenters. The lowest BCUT2D eigenvalue weighted by atomic mass is 9.97. The van der Waals surface area contributed by atoms with Gasteiger partial charge in [-0.1, -0.05) is 50.3 Å². The molecule has 0 atom stereocenters. The summed E-state index contributed by atoms with van der Waals surface area (Å²) in [6.07, 6.45) is 11.9. The summed E-state index contributed by atoms with van der Waals surface area (Å²) < 4.78 is 5.62. The Morgan fingerprint density at radius 1 is 0.765 bits per heavy atom. The molecular formula is C16H24O. The minimum atomic E-state index is 1.16. The number of methoxy groups -OCH3 is 1. The van der Waals surface area contributed by atoms with Gasteiger partial charge in [-0.3, -0.25) is 0 Å². The Morgan fingerprint density at radius 3 is 1.71 bits per heavy atom. The average molecular weight is 232 g/mol. The molecule has 1 aliphatic rings. The van der Waals surface area contributed by atoms with E-state index in [-0.39, 0.29) is 0 Å². The molecule has 1 nitrogen and oxygen atoms in total. The van der Waals surface area contributed by atoms with Crippen molar-refractivity contribution in [1.29, 1.82) is 0 Å². The number of hydrogen-bond acceptors (Lipinski definition) is 1. The fraction of sp³-hybridized carbons (Fsp3) is 0.625. The SMILES string of the molecule is COc1c2cccc1CCCCCCCCC2. The van der Waals surface area contributed by atoms with E-state index in [1.165, 1.54) is 68.9 Å². The van der Waals surface area contributed by atoms with Crippen molar-refractivity contribution in [2.24, 2.45) is 0 Å². The Kier molecular flexibility index (Phi) is 4.90. The van der Waals surface area contributed by atoms with E-state index >= 15 is 0 Å². The number of aryl methyl sites for hydroxylation is 2. The van der Waals surface area contributed by atoms with Crippen LogP contribution in [0.2, 0.25) is 0 Å². The highest BCUT2D eigenvalue weighted by molar-refractivity contribution is 5.41. The molecule has 0 radical (unpaired) electrons. The normalized spacial score (nSPS) is 17.9. The Balaban J connectivity index is 2.17. The summed E-state index contributed by atoms with van der Waals surface area (Å²) in [7, 11) is 1.81. The van der Waals surface area contributed by atoms with Crippen LogP contribution in [0.3, 0.4) is 0 Å². The second kappa shape index (κ2) is 6.68. The molecule has 1 heteroatoms. The third kappa shape index (κ3) is 3.49. The van der Waals surface area contributed by atoms with Crippen LogP contribution in [0.25, 0.3) is 0 Å². The van der Waals surface area contributed by atoms with Gasteiger partial charge in [0.05, 0.1) is 7.11 Å². The maximum Gasteiger partial charge on any atom is 0.125 e. The molecule has 1 aliphatic carbocycles.